The molecule has 1 unspecified atom stereocenters. The molecule has 0 fully saturated rings. The number of amides is 1. The topological polar surface area (TPSA) is 75.6 Å². The van der Waals surface area contributed by atoms with Crippen molar-refractivity contribution in [3.63, 3.8) is 0 Å². The van der Waals surface area contributed by atoms with Crippen molar-refractivity contribution in [3.05, 3.63) is 48.6 Å². The summed E-state index contributed by atoms with van der Waals surface area (Å²) in [5.41, 5.74) is 0.847. The van der Waals surface area contributed by atoms with E-state index in [4.69, 9.17) is 9.84 Å². The lowest BCUT2D eigenvalue weighted by molar-refractivity contribution is -0.138. The molecular formula is C15H19NO4S. The molecule has 0 spiro atoms. The third-order valence-electron chi connectivity index (χ3n) is 2.55. The first-order valence-electron chi connectivity index (χ1n) is 6.52. The third-order valence-corrected chi connectivity index (χ3v) is 3.65. The summed E-state index contributed by atoms with van der Waals surface area (Å²) in [5.74, 6) is -0.00442. The Bertz CT molecular complexity index is 464. The second-order valence-electron chi connectivity index (χ2n) is 4.25. The van der Waals surface area contributed by atoms with Crippen LogP contribution in [0.1, 0.15) is 12.0 Å². The molecule has 1 aromatic carbocycles. The Morgan fingerprint density at radius 1 is 1.38 bits per heavy atom. The van der Waals surface area contributed by atoms with E-state index in [1.165, 1.54) is 11.8 Å². The Kier molecular flexibility index (Phi) is 8.04. The van der Waals surface area contributed by atoms with Gasteiger partial charge in [0.15, 0.2) is 0 Å². The van der Waals surface area contributed by atoms with E-state index in [0.29, 0.717) is 5.75 Å². The fourth-order valence-electron chi connectivity index (χ4n) is 1.45. The fourth-order valence-corrected chi connectivity index (χ4v) is 2.41. The molecule has 0 aliphatic heterocycles. The van der Waals surface area contributed by atoms with Crippen molar-refractivity contribution < 1.29 is 19.4 Å². The quantitative estimate of drug-likeness (QED) is 0.542. The maximum absolute atomic E-state index is 11.6. The Labute approximate surface area is 128 Å². The number of carbonyl (C=O) groups excluding carboxylic acids is 1. The summed E-state index contributed by atoms with van der Waals surface area (Å²) in [6, 6.07) is 8.24. The SMILES string of the molecule is C=CCCSCC(NC(=O)OCc1ccccc1)C(=O)O. The van der Waals surface area contributed by atoms with Crippen LogP contribution in [0.2, 0.25) is 0 Å². The molecule has 5 nitrogen and oxygen atoms in total. The monoisotopic (exact) mass is 309 g/mol. The number of nitrogens with one attached hydrogen (secondary N) is 1. The zero-order valence-electron chi connectivity index (χ0n) is 11.7. The van der Waals surface area contributed by atoms with Crippen LogP contribution in [0.5, 0.6) is 0 Å². The van der Waals surface area contributed by atoms with Gasteiger partial charge in [0.05, 0.1) is 0 Å². The van der Waals surface area contributed by atoms with Crippen LogP contribution in [0.4, 0.5) is 4.79 Å². The van der Waals surface area contributed by atoms with Crippen LogP contribution < -0.4 is 5.32 Å². The van der Waals surface area contributed by atoms with Gasteiger partial charge in [0, 0.05) is 5.75 Å². The minimum absolute atomic E-state index is 0.114. The normalized spacial score (nSPS) is 11.4. The van der Waals surface area contributed by atoms with E-state index >= 15 is 0 Å². The Morgan fingerprint density at radius 3 is 2.71 bits per heavy atom. The maximum Gasteiger partial charge on any atom is 0.408 e. The van der Waals surface area contributed by atoms with Gasteiger partial charge in [-0.15, -0.1) is 6.58 Å². The van der Waals surface area contributed by atoms with Crippen molar-refractivity contribution in [1.82, 2.24) is 5.32 Å². The van der Waals surface area contributed by atoms with E-state index in [1.54, 1.807) is 6.08 Å². The average molecular weight is 309 g/mol. The standard InChI is InChI=1S/C15H19NO4S/c1-2-3-9-21-11-13(14(17)18)16-15(19)20-10-12-7-5-4-6-8-12/h2,4-8,13H,1,3,9-11H2,(H,16,19)(H,17,18). The summed E-state index contributed by atoms with van der Waals surface area (Å²) in [5, 5.41) is 11.4. The van der Waals surface area contributed by atoms with Gasteiger partial charge in [-0.3, -0.25) is 0 Å². The second-order valence-corrected chi connectivity index (χ2v) is 5.40. The summed E-state index contributed by atoms with van der Waals surface area (Å²) in [6.45, 7) is 3.71. The number of alkyl carbamates (subject to hydrolysis) is 1. The summed E-state index contributed by atoms with van der Waals surface area (Å²) in [6.07, 6.45) is 1.84. The number of allylic oxidation sites excluding steroid dienone is 1. The Balaban J connectivity index is 2.34. The third kappa shape index (κ3) is 7.41. The van der Waals surface area contributed by atoms with E-state index in [1.807, 2.05) is 30.3 Å². The summed E-state index contributed by atoms with van der Waals surface area (Å²) < 4.78 is 5.00. The molecule has 1 aromatic rings. The largest absolute Gasteiger partial charge is 0.480 e. The van der Waals surface area contributed by atoms with E-state index in [9.17, 15) is 9.59 Å². The maximum atomic E-state index is 11.6. The van der Waals surface area contributed by atoms with E-state index in [2.05, 4.69) is 11.9 Å². The number of carboxylic acids is 1. The van der Waals surface area contributed by atoms with Crippen molar-refractivity contribution in [3.8, 4) is 0 Å². The molecule has 1 rings (SSSR count). The molecule has 0 aliphatic carbocycles. The van der Waals surface area contributed by atoms with Crippen LogP contribution in [-0.4, -0.2) is 34.7 Å². The molecule has 0 aromatic heterocycles. The van der Waals surface area contributed by atoms with Gasteiger partial charge in [-0.1, -0.05) is 36.4 Å². The molecule has 0 saturated carbocycles. The summed E-state index contributed by atoms with van der Waals surface area (Å²) in [7, 11) is 0. The first kappa shape index (κ1) is 17.1. The van der Waals surface area contributed by atoms with Crippen molar-refractivity contribution in [2.24, 2.45) is 0 Å². The van der Waals surface area contributed by atoms with E-state index < -0.39 is 18.1 Å². The van der Waals surface area contributed by atoms with Crippen LogP contribution in [0.25, 0.3) is 0 Å². The van der Waals surface area contributed by atoms with Crippen molar-refractivity contribution in [1.29, 1.82) is 0 Å². The van der Waals surface area contributed by atoms with E-state index in [-0.39, 0.29) is 6.61 Å². The lowest BCUT2D eigenvalue weighted by Gasteiger charge is -2.14. The highest BCUT2D eigenvalue weighted by molar-refractivity contribution is 7.99. The van der Waals surface area contributed by atoms with Gasteiger partial charge in [0.1, 0.15) is 12.6 Å². The molecule has 1 amide bonds. The highest BCUT2D eigenvalue weighted by atomic mass is 32.2. The van der Waals surface area contributed by atoms with Crippen LogP contribution in [-0.2, 0) is 16.1 Å². The zero-order valence-corrected chi connectivity index (χ0v) is 12.5. The minimum atomic E-state index is -1.07. The molecule has 1 atom stereocenters. The fraction of sp³-hybridized carbons (Fsp3) is 0.333. The van der Waals surface area contributed by atoms with Crippen LogP contribution >= 0.6 is 11.8 Å². The lowest BCUT2D eigenvalue weighted by Crippen LogP contribution is -2.42. The first-order chi connectivity index (χ1) is 10.1. The minimum Gasteiger partial charge on any atom is -0.480 e. The number of benzene rings is 1. The predicted molar refractivity (Wildman–Crippen MR) is 83.3 cm³/mol. The van der Waals surface area contributed by atoms with Gasteiger partial charge >= 0.3 is 12.1 Å². The number of ether oxygens (including phenoxy) is 1. The predicted octanol–water partition coefficient (Wildman–Crippen LogP) is 2.68. The number of carbonyl (C=O) groups is 2. The molecule has 0 heterocycles. The smallest absolute Gasteiger partial charge is 0.408 e. The molecule has 21 heavy (non-hydrogen) atoms. The van der Waals surface area contributed by atoms with Crippen molar-refractivity contribution in [2.45, 2.75) is 19.1 Å². The van der Waals surface area contributed by atoms with Crippen molar-refractivity contribution in [2.75, 3.05) is 11.5 Å². The van der Waals surface area contributed by atoms with Crippen LogP contribution in [0.3, 0.4) is 0 Å². The summed E-state index contributed by atoms with van der Waals surface area (Å²) in [4.78, 5) is 22.7. The van der Waals surface area contributed by atoms with Gasteiger partial charge in [-0.05, 0) is 17.7 Å². The number of hydrogen-bond donors (Lipinski definition) is 2. The van der Waals surface area contributed by atoms with Crippen LogP contribution in [0, 0.1) is 0 Å². The first-order valence-corrected chi connectivity index (χ1v) is 7.67. The Hall–Kier alpha value is -1.95. The molecule has 0 radical (unpaired) electrons. The number of carboxylic acid groups (broad SMARTS) is 1. The highest BCUT2D eigenvalue weighted by Gasteiger charge is 2.20. The highest BCUT2D eigenvalue weighted by Crippen LogP contribution is 2.06. The molecule has 0 bridgehead atoms. The number of aliphatic carboxylic acids is 1. The number of rotatable bonds is 9. The molecular weight excluding hydrogens is 290 g/mol. The molecule has 0 saturated heterocycles. The van der Waals surface area contributed by atoms with E-state index in [0.717, 1.165) is 17.7 Å². The van der Waals surface area contributed by atoms with Gasteiger partial charge in [-0.25, -0.2) is 9.59 Å². The van der Waals surface area contributed by atoms with Gasteiger partial charge in [-0.2, -0.15) is 11.8 Å². The molecule has 114 valence electrons. The molecule has 2 N–H and O–H groups in total. The lowest BCUT2D eigenvalue weighted by atomic mass is 10.2. The van der Waals surface area contributed by atoms with Gasteiger partial charge in [0.2, 0.25) is 0 Å². The van der Waals surface area contributed by atoms with Crippen molar-refractivity contribution >= 4 is 23.8 Å². The molecule has 0 aliphatic rings. The Morgan fingerprint density at radius 2 is 2.10 bits per heavy atom. The number of thioether (sulfide) groups is 1. The second kappa shape index (κ2) is 9.88. The van der Waals surface area contributed by atoms with Gasteiger partial charge in [0.25, 0.3) is 0 Å². The summed E-state index contributed by atoms with van der Waals surface area (Å²) >= 11 is 1.45. The molecule has 6 heteroatoms. The van der Waals surface area contributed by atoms with Crippen LogP contribution in [0.15, 0.2) is 43.0 Å². The van der Waals surface area contributed by atoms with Gasteiger partial charge < -0.3 is 15.2 Å². The number of hydrogen-bond acceptors (Lipinski definition) is 4. The zero-order chi connectivity index (χ0) is 15.5. The average Bonchev–Trinajstić information content (AvgIpc) is 2.49.